The van der Waals surface area contributed by atoms with Gasteiger partial charge in [0.2, 0.25) is 0 Å². The number of carbonyl (C=O) groups is 2. The lowest BCUT2D eigenvalue weighted by atomic mass is 9.98. The molecular weight excluding hydrogens is 264 g/mol. The Labute approximate surface area is 113 Å². The van der Waals surface area contributed by atoms with Crippen molar-refractivity contribution in [3.05, 3.63) is 47.5 Å². The van der Waals surface area contributed by atoms with Crippen LogP contribution in [0, 0.1) is 0 Å². The summed E-state index contributed by atoms with van der Waals surface area (Å²) in [6, 6.07) is 7.48. The third-order valence-corrected chi connectivity index (χ3v) is 2.78. The van der Waals surface area contributed by atoms with Crippen LogP contribution in [0.3, 0.4) is 0 Å². The van der Waals surface area contributed by atoms with Gasteiger partial charge in [0.05, 0.1) is 11.1 Å². The van der Waals surface area contributed by atoms with Crippen molar-refractivity contribution in [1.82, 2.24) is 0 Å². The average Bonchev–Trinajstić information content (AvgIpc) is 2.39. The summed E-state index contributed by atoms with van der Waals surface area (Å²) in [6.45, 7) is 0. The summed E-state index contributed by atoms with van der Waals surface area (Å²) in [5.41, 5.74) is -1.19. The molecule has 102 valence electrons. The van der Waals surface area contributed by atoms with Gasteiger partial charge in [-0.15, -0.1) is 0 Å². The van der Waals surface area contributed by atoms with Gasteiger partial charge in [0.15, 0.2) is 0 Å². The Morgan fingerprint density at radius 3 is 1.40 bits per heavy atom. The first-order valence-corrected chi connectivity index (χ1v) is 5.50. The Bertz CT molecular complexity index is 643. The van der Waals surface area contributed by atoms with E-state index in [-0.39, 0.29) is 11.1 Å². The second-order valence-corrected chi connectivity index (χ2v) is 3.97. The number of carboxylic acid groups (broad SMARTS) is 2. The highest BCUT2D eigenvalue weighted by atomic mass is 16.4. The predicted molar refractivity (Wildman–Crippen MR) is 64.7 cm³/mol. The van der Waals surface area contributed by atoms with Crippen LogP contribution >= 0.6 is 0 Å². The summed E-state index contributed by atoms with van der Waals surface area (Å²) in [4.78, 5) is 21.8. The zero-order valence-electron chi connectivity index (χ0n) is 9.99. The zero-order chi connectivity index (χ0) is 14.9. The van der Waals surface area contributed by atoms with Crippen molar-refractivity contribution in [3.8, 4) is 22.6 Å². The molecule has 0 saturated heterocycles. The van der Waals surface area contributed by atoms with Gasteiger partial charge in [0.25, 0.3) is 0 Å². The Kier molecular flexibility index (Phi) is 3.30. The minimum absolute atomic E-state index is 0.127. The lowest BCUT2D eigenvalue weighted by molar-refractivity contribution is -0.271. The van der Waals surface area contributed by atoms with Crippen molar-refractivity contribution in [1.29, 1.82) is 0 Å². The number of carboxylic acids is 2. The first kappa shape index (κ1) is 13.4. The van der Waals surface area contributed by atoms with E-state index >= 15 is 0 Å². The van der Waals surface area contributed by atoms with E-state index in [1.165, 1.54) is 24.3 Å². The molecule has 2 aromatic rings. The molecule has 0 amide bonds. The van der Waals surface area contributed by atoms with Gasteiger partial charge in [0.1, 0.15) is 0 Å². The van der Waals surface area contributed by atoms with Gasteiger partial charge < -0.3 is 20.4 Å². The predicted octanol–water partition coefficient (Wildman–Crippen LogP) is 0.897. The maximum Gasteiger partial charge on any atom is 0.335 e. The quantitative estimate of drug-likeness (QED) is 0.856. The Hall–Kier alpha value is -3.02. The molecule has 0 aliphatic heterocycles. The first-order chi connectivity index (χ1) is 9.43. The molecule has 2 N–H and O–H groups in total. The van der Waals surface area contributed by atoms with Crippen molar-refractivity contribution < 1.29 is 30.0 Å². The summed E-state index contributed by atoms with van der Waals surface area (Å²) < 4.78 is 0. The van der Waals surface area contributed by atoms with Crippen LogP contribution in [0.5, 0.6) is 11.5 Å². The van der Waals surface area contributed by atoms with Crippen LogP contribution in [0.15, 0.2) is 36.4 Å². The van der Waals surface area contributed by atoms with Gasteiger partial charge in [-0.05, 0) is 23.3 Å². The standard InChI is InChI=1S/C14H10O6/c15-11-7(3-1-5-9(11)13(17)18)8-4-2-6-10(12(8)16)14(19)20/h1-6,15-16H,(H,17,18)(H,19,20)/p-2. The summed E-state index contributed by atoms with van der Waals surface area (Å²) in [7, 11) is 0. The van der Waals surface area contributed by atoms with Gasteiger partial charge in [0, 0.05) is 0 Å². The van der Waals surface area contributed by atoms with Gasteiger partial charge in [-0.1, -0.05) is 35.8 Å². The molecule has 20 heavy (non-hydrogen) atoms. The van der Waals surface area contributed by atoms with Crippen molar-refractivity contribution in [2.45, 2.75) is 0 Å². The molecule has 0 fully saturated rings. The molecule has 0 radical (unpaired) electrons. The third kappa shape index (κ3) is 2.14. The van der Waals surface area contributed by atoms with Crippen LogP contribution in [0.1, 0.15) is 20.7 Å². The molecule has 0 heterocycles. The molecular formula is C14H8O6-2. The van der Waals surface area contributed by atoms with Crippen molar-refractivity contribution in [2.24, 2.45) is 0 Å². The first-order valence-electron chi connectivity index (χ1n) is 5.50. The number of benzene rings is 2. The van der Waals surface area contributed by atoms with Crippen LogP contribution in [-0.4, -0.2) is 22.2 Å². The fraction of sp³-hybridized carbons (Fsp3) is 0. The van der Waals surface area contributed by atoms with Gasteiger partial charge >= 0.3 is 11.9 Å². The zero-order valence-corrected chi connectivity index (χ0v) is 9.99. The molecule has 6 heteroatoms. The molecule has 6 nitrogen and oxygen atoms in total. The van der Waals surface area contributed by atoms with Gasteiger partial charge in [-0.2, -0.15) is 0 Å². The SMILES string of the molecule is O=C(O)c1cccc(-c2cccc(C(=O)O)c2[O-])c1[O-]. The molecule has 2 rings (SSSR count). The molecule has 0 saturated carbocycles. The lowest BCUT2D eigenvalue weighted by Gasteiger charge is -2.22. The highest BCUT2D eigenvalue weighted by Crippen LogP contribution is 2.36. The normalized spacial score (nSPS) is 10.2. The number of rotatable bonds is 3. The summed E-state index contributed by atoms with van der Waals surface area (Å²) >= 11 is 0. The van der Waals surface area contributed by atoms with Crippen LogP contribution in [0.25, 0.3) is 11.1 Å². The van der Waals surface area contributed by atoms with Crippen LogP contribution < -0.4 is 10.2 Å². The molecule has 0 unspecified atom stereocenters. The number of para-hydroxylation sites is 2. The van der Waals surface area contributed by atoms with E-state index in [1.54, 1.807) is 0 Å². The van der Waals surface area contributed by atoms with Crippen molar-refractivity contribution >= 4 is 11.9 Å². The number of aromatic carboxylic acids is 2. The maximum absolute atomic E-state index is 12.0. The molecule has 0 bridgehead atoms. The van der Waals surface area contributed by atoms with Crippen molar-refractivity contribution in [3.63, 3.8) is 0 Å². The van der Waals surface area contributed by atoms with E-state index in [4.69, 9.17) is 10.2 Å². The van der Waals surface area contributed by atoms with Gasteiger partial charge in [-0.25, -0.2) is 9.59 Å². The maximum atomic E-state index is 12.0. The highest BCUT2D eigenvalue weighted by molar-refractivity contribution is 5.97. The van der Waals surface area contributed by atoms with E-state index in [0.717, 1.165) is 12.1 Å². The molecule has 0 aliphatic rings. The highest BCUT2D eigenvalue weighted by Gasteiger charge is 2.11. The van der Waals surface area contributed by atoms with Crippen LogP contribution in [0.4, 0.5) is 0 Å². The second-order valence-electron chi connectivity index (χ2n) is 3.97. The minimum atomic E-state index is -1.40. The van der Waals surface area contributed by atoms with Crippen LogP contribution in [-0.2, 0) is 0 Å². The molecule has 0 atom stereocenters. The number of hydrogen-bond donors (Lipinski definition) is 2. The van der Waals surface area contributed by atoms with Crippen molar-refractivity contribution in [2.75, 3.05) is 0 Å². The monoisotopic (exact) mass is 272 g/mol. The van der Waals surface area contributed by atoms with E-state index in [0.29, 0.717) is 0 Å². The van der Waals surface area contributed by atoms with E-state index in [9.17, 15) is 19.8 Å². The Morgan fingerprint density at radius 1 is 0.750 bits per heavy atom. The number of hydrogen-bond acceptors (Lipinski definition) is 4. The second kappa shape index (κ2) is 4.93. The average molecular weight is 272 g/mol. The summed E-state index contributed by atoms with van der Waals surface area (Å²) in [6.07, 6.45) is 0. The summed E-state index contributed by atoms with van der Waals surface area (Å²) in [5.74, 6) is -4.45. The topological polar surface area (TPSA) is 121 Å². The Morgan fingerprint density at radius 2 is 1.10 bits per heavy atom. The molecule has 0 spiro atoms. The van der Waals surface area contributed by atoms with Gasteiger partial charge in [-0.3, -0.25) is 0 Å². The fourth-order valence-electron chi connectivity index (χ4n) is 1.84. The van der Waals surface area contributed by atoms with E-state index < -0.39 is 34.6 Å². The molecule has 0 aliphatic carbocycles. The smallest absolute Gasteiger partial charge is 0.335 e. The van der Waals surface area contributed by atoms with E-state index in [2.05, 4.69) is 0 Å². The minimum Gasteiger partial charge on any atom is -0.871 e. The Balaban J connectivity index is 2.70. The molecule has 2 aromatic carbocycles. The molecule has 0 aromatic heterocycles. The largest absolute Gasteiger partial charge is 0.871 e. The summed E-state index contributed by atoms with van der Waals surface area (Å²) in [5, 5.41) is 41.7. The lowest BCUT2D eigenvalue weighted by Crippen LogP contribution is -2.08. The van der Waals surface area contributed by atoms with E-state index in [1.807, 2.05) is 0 Å². The fourth-order valence-corrected chi connectivity index (χ4v) is 1.84. The van der Waals surface area contributed by atoms with Crippen LogP contribution in [0.2, 0.25) is 0 Å². The third-order valence-electron chi connectivity index (χ3n) is 2.78.